The highest BCUT2D eigenvalue weighted by Crippen LogP contribution is 2.24. The van der Waals surface area contributed by atoms with Gasteiger partial charge in [-0.05, 0) is 35.8 Å². The molecule has 3 rings (SSSR count). The molecule has 0 spiro atoms. The second kappa shape index (κ2) is 7.32. The molecule has 0 saturated carbocycles. The number of carbonyl (C=O) groups excluding carboxylic acids is 1. The van der Waals surface area contributed by atoms with E-state index in [1.165, 1.54) is 5.56 Å². The SMILES string of the molecule is Cc1ccc(-c2nc(CCNC(=O)c3oc(Br)cc3C)cs2)cc1. The third kappa shape index (κ3) is 3.94. The summed E-state index contributed by atoms with van der Waals surface area (Å²) in [5, 5.41) is 5.91. The molecule has 0 aliphatic rings. The van der Waals surface area contributed by atoms with Crippen LogP contribution in [0.1, 0.15) is 27.4 Å². The Balaban J connectivity index is 1.57. The number of furan rings is 1. The normalized spacial score (nSPS) is 10.8. The summed E-state index contributed by atoms with van der Waals surface area (Å²) in [5.74, 6) is 0.146. The van der Waals surface area contributed by atoms with Crippen molar-refractivity contribution in [3.05, 3.63) is 63.0 Å². The highest BCUT2D eigenvalue weighted by atomic mass is 79.9. The lowest BCUT2D eigenvalue weighted by molar-refractivity contribution is 0.0924. The van der Waals surface area contributed by atoms with Crippen molar-refractivity contribution < 1.29 is 9.21 Å². The van der Waals surface area contributed by atoms with Crippen LogP contribution >= 0.6 is 27.3 Å². The number of nitrogens with one attached hydrogen (secondary N) is 1. The van der Waals surface area contributed by atoms with Gasteiger partial charge in [0.15, 0.2) is 10.4 Å². The molecule has 4 nitrogen and oxygen atoms in total. The standard InChI is InChI=1S/C18H17BrN2O2S/c1-11-3-5-13(6-4-11)18-21-14(10-24-18)7-8-20-17(22)16-12(2)9-15(19)23-16/h3-6,9-10H,7-8H2,1-2H3,(H,20,22). The summed E-state index contributed by atoms with van der Waals surface area (Å²) < 4.78 is 5.90. The fraction of sp³-hybridized carbons (Fsp3) is 0.222. The topological polar surface area (TPSA) is 55.1 Å². The zero-order valence-electron chi connectivity index (χ0n) is 13.4. The largest absolute Gasteiger partial charge is 0.444 e. The Kier molecular flexibility index (Phi) is 5.16. The average Bonchev–Trinajstić information content (AvgIpc) is 3.14. The van der Waals surface area contributed by atoms with E-state index in [1.807, 2.05) is 12.3 Å². The highest BCUT2D eigenvalue weighted by molar-refractivity contribution is 9.10. The van der Waals surface area contributed by atoms with Crippen molar-refractivity contribution in [3.8, 4) is 10.6 Å². The van der Waals surface area contributed by atoms with E-state index in [0.29, 0.717) is 23.4 Å². The van der Waals surface area contributed by atoms with Gasteiger partial charge in [0.05, 0.1) is 5.69 Å². The van der Waals surface area contributed by atoms with Crippen molar-refractivity contribution >= 4 is 33.2 Å². The Morgan fingerprint density at radius 2 is 2.04 bits per heavy atom. The molecule has 3 aromatic rings. The molecule has 2 aromatic heterocycles. The fourth-order valence-corrected chi connectivity index (χ4v) is 3.67. The van der Waals surface area contributed by atoms with E-state index in [2.05, 4.69) is 57.4 Å². The maximum atomic E-state index is 12.1. The molecule has 2 heterocycles. The molecule has 124 valence electrons. The lowest BCUT2D eigenvalue weighted by Gasteiger charge is -2.02. The van der Waals surface area contributed by atoms with Crippen LogP contribution in [0.3, 0.4) is 0 Å². The maximum Gasteiger partial charge on any atom is 0.287 e. The number of thiazole rings is 1. The van der Waals surface area contributed by atoms with Crippen molar-refractivity contribution in [1.29, 1.82) is 0 Å². The first-order valence-electron chi connectivity index (χ1n) is 7.58. The van der Waals surface area contributed by atoms with E-state index in [-0.39, 0.29) is 5.91 Å². The van der Waals surface area contributed by atoms with Crippen molar-refractivity contribution in [2.75, 3.05) is 6.54 Å². The summed E-state index contributed by atoms with van der Waals surface area (Å²) in [6, 6.07) is 10.1. The Labute approximate surface area is 153 Å². The van der Waals surface area contributed by atoms with E-state index in [0.717, 1.165) is 21.8 Å². The molecule has 6 heteroatoms. The van der Waals surface area contributed by atoms with Gasteiger partial charge in [-0.15, -0.1) is 11.3 Å². The highest BCUT2D eigenvalue weighted by Gasteiger charge is 2.14. The van der Waals surface area contributed by atoms with Crippen LogP contribution in [0.2, 0.25) is 0 Å². The van der Waals surface area contributed by atoms with E-state index < -0.39 is 0 Å². The van der Waals surface area contributed by atoms with Crippen molar-refractivity contribution in [2.24, 2.45) is 0 Å². The summed E-state index contributed by atoms with van der Waals surface area (Å²) >= 11 is 4.85. The summed E-state index contributed by atoms with van der Waals surface area (Å²) in [6.45, 7) is 4.43. The molecule has 0 fully saturated rings. The third-order valence-electron chi connectivity index (χ3n) is 3.61. The van der Waals surface area contributed by atoms with Crippen LogP contribution < -0.4 is 5.32 Å². The number of amides is 1. The van der Waals surface area contributed by atoms with E-state index in [9.17, 15) is 4.79 Å². The van der Waals surface area contributed by atoms with Gasteiger partial charge < -0.3 is 9.73 Å². The molecule has 1 aromatic carbocycles. The Hall–Kier alpha value is -1.92. The number of halogens is 1. The minimum atomic E-state index is -0.202. The number of carbonyl (C=O) groups is 1. The number of benzene rings is 1. The van der Waals surface area contributed by atoms with Gasteiger partial charge in [-0.2, -0.15) is 0 Å². The van der Waals surface area contributed by atoms with Gasteiger partial charge >= 0.3 is 0 Å². The van der Waals surface area contributed by atoms with E-state index >= 15 is 0 Å². The second-order valence-corrected chi connectivity index (χ2v) is 7.22. The molecule has 0 radical (unpaired) electrons. The molecule has 24 heavy (non-hydrogen) atoms. The second-order valence-electron chi connectivity index (χ2n) is 5.58. The zero-order valence-corrected chi connectivity index (χ0v) is 15.8. The molecule has 0 atom stereocenters. The quantitative estimate of drug-likeness (QED) is 0.666. The third-order valence-corrected chi connectivity index (χ3v) is 4.94. The minimum absolute atomic E-state index is 0.202. The molecule has 0 aliphatic heterocycles. The molecule has 0 bridgehead atoms. The molecular weight excluding hydrogens is 388 g/mol. The molecule has 1 N–H and O–H groups in total. The van der Waals surface area contributed by atoms with E-state index in [4.69, 9.17) is 4.42 Å². The first-order valence-corrected chi connectivity index (χ1v) is 9.26. The van der Waals surface area contributed by atoms with Gasteiger partial charge in [0.25, 0.3) is 5.91 Å². The molecule has 0 saturated heterocycles. The Morgan fingerprint density at radius 3 is 2.71 bits per heavy atom. The van der Waals surface area contributed by atoms with Crippen LogP contribution in [-0.2, 0) is 6.42 Å². The maximum absolute atomic E-state index is 12.1. The van der Waals surface area contributed by atoms with Crippen molar-refractivity contribution in [3.63, 3.8) is 0 Å². The Morgan fingerprint density at radius 1 is 1.29 bits per heavy atom. The van der Waals surface area contributed by atoms with Crippen LogP contribution in [0.5, 0.6) is 0 Å². The van der Waals surface area contributed by atoms with Crippen LogP contribution in [0.4, 0.5) is 0 Å². The van der Waals surface area contributed by atoms with Crippen molar-refractivity contribution in [1.82, 2.24) is 10.3 Å². The summed E-state index contributed by atoms with van der Waals surface area (Å²) in [7, 11) is 0. The van der Waals surface area contributed by atoms with Crippen LogP contribution in [0.25, 0.3) is 10.6 Å². The monoisotopic (exact) mass is 404 g/mol. The lowest BCUT2D eigenvalue weighted by Crippen LogP contribution is -2.25. The van der Waals surface area contributed by atoms with Crippen LogP contribution in [0.15, 0.2) is 44.8 Å². The average molecular weight is 405 g/mol. The first-order chi connectivity index (χ1) is 11.5. The smallest absolute Gasteiger partial charge is 0.287 e. The fourth-order valence-electron chi connectivity index (χ4n) is 2.30. The summed E-state index contributed by atoms with van der Waals surface area (Å²) in [4.78, 5) is 16.7. The number of hydrogen-bond acceptors (Lipinski definition) is 4. The number of aryl methyl sites for hydroxylation is 2. The van der Waals surface area contributed by atoms with E-state index in [1.54, 1.807) is 17.4 Å². The molecule has 0 aliphatic carbocycles. The van der Waals surface area contributed by atoms with Gasteiger partial charge in [0.2, 0.25) is 0 Å². The van der Waals surface area contributed by atoms with Crippen LogP contribution in [-0.4, -0.2) is 17.4 Å². The molecular formula is C18H17BrN2O2S. The summed E-state index contributed by atoms with van der Waals surface area (Å²) in [5.41, 5.74) is 4.15. The first kappa shape index (κ1) is 16.9. The van der Waals surface area contributed by atoms with Gasteiger partial charge in [-0.25, -0.2) is 4.98 Å². The minimum Gasteiger partial charge on any atom is -0.444 e. The zero-order chi connectivity index (χ0) is 17.1. The number of hydrogen-bond donors (Lipinski definition) is 1. The van der Waals surface area contributed by atoms with Crippen molar-refractivity contribution in [2.45, 2.75) is 20.3 Å². The number of nitrogens with zero attached hydrogens (tertiary/aromatic N) is 1. The number of rotatable bonds is 5. The van der Waals surface area contributed by atoms with Crippen LogP contribution in [0, 0.1) is 13.8 Å². The lowest BCUT2D eigenvalue weighted by atomic mass is 10.2. The predicted octanol–water partition coefficient (Wildman–Crippen LogP) is 4.75. The van der Waals surface area contributed by atoms with Gasteiger partial charge in [-0.3, -0.25) is 4.79 Å². The molecule has 0 unspecified atom stereocenters. The Bertz CT molecular complexity index is 852. The van der Waals surface area contributed by atoms with Gasteiger partial charge in [-0.1, -0.05) is 29.8 Å². The van der Waals surface area contributed by atoms with Gasteiger partial charge in [0, 0.05) is 29.5 Å². The van der Waals surface area contributed by atoms with Gasteiger partial charge in [0.1, 0.15) is 5.01 Å². The number of aromatic nitrogens is 1. The summed E-state index contributed by atoms with van der Waals surface area (Å²) in [6.07, 6.45) is 0.690. The molecule has 1 amide bonds. The predicted molar refractivity (Wildman–Crippen MR) is 99.5 cm³/mol.